The normalized spacial score (nSPS) is 10.3. The minimum Gasteiger partial charge on any atom is -0.403 e. The van der Waals surface area contributed by atoms with Gasteiger partial charge in [0, 0.05) is 12.5 Å². The summed E-state index contributed by atoms with van der Waals surface area (Å²) in [5.41, 5.74) is 7.45. The molecule has 0 radical (unpaired) electrons. The Morgan fingerprint density at radius 3 is 1.95 bits per heavy atom. The summed E-state index contributed by atoms with van der Waals surface area (Å²) in [4.78, 5) is 0. The minimum atomic E-state index is -2.74. The largest absolute Gasteiger partial charge is 0.403 e. The van der Waals surface area contributed by atoms with Gasteiger partial charge in [0.1, 0.15) is 0 Å². The lowest BCUT2D eigenvalue weighted by Crippen LogP contribution is -2.10. The van der Waals surface area contributed by atoms with Crippen molar-refractivity contribution < 1.29 is 8.78 Å². The van der Waals surface area contributed by atoms with Crippen LogP contribution in [0.3, 0.4) is 0 Å². The Hall–Kier alpha value is -1.38. The van der Waals surface area contributed by atoms with Crippen molar-refractivity contribution in [1.82, 2.24) is 0 Å². The van der Waals surface area contributed by atoms with Crippen molar-refractivity contribution in [3.05, 3.63) is 47.2 Å². The van der Waals surface area contributed by atoms with E-state index in [4.69, 9.17) is 5.73 Å². The molecular formula is C19H33F2N. The van der Waals surface area contributed by atoms with Crippen LogP contribution in [0.5, 0.6) is 0 Å². The lowest BCUT2D eigenvalue weighted by Gasteiger charge is -2.19. The van der Waals surface area contributed by atoms with E-state index in [1.54, 1.807) is 26.0 Å². The van der Waals surface area contributed by atoms with Crippen LogP contribution in [-0.2, 0) is 5.92 Å². The van der Waals surface area contributed by atoms with Gasteiger partial charge in [0.25, 0.3) is 5.92 Å². The molecule has 0 aliphatic rings. The molecule has 1 rings (SSSR count). The number of hydrogen-bond donors (Lipinski definition) is 1. The number of hydrogen-bond acceptors (Lipinski definition) is 1. The average Bonchev–Trinajstić information content (AvgIpc) is 2.42. The number of rotatable bonds is 4. The van der Waals surface area contributed by atoms with Crippen LogP contribution in [0.15, 0.2) is 30.5 Å². The first-order valence-electron chi connectivity index (χ1n) is 8.03. The highest BCUT2D eigenvalue weighted by Gasteiger charge is 2.27. The second-order valence-corrected chi connectivity index (χ2v) is 5.32. The molecule has 0 saturated carbocycles. The molecule has 0 aliphatic carbocycles. The van der Waals surface area contributed by atoms with Crippen molar-refractivity contribution in [2.24, 2.45) is 5.73 Å². The first-order valence-corrected chi connectivity index (χ1v) is 8.03. The average molecular weight is 313 g/mol. The van der Waals surface area contributed by atoms with E-state index in [0.29, 0.717) is 17.2 Å². The van der Waals surface area contributed by atoms with Gasteiger partial charge in [-0.2, -0.15) is 0 Å². The van der Waals surface area contributed by atoms with Gasteiger partial charge in [-0.15, -0.1) is 0 Å². The molecule has 0 heterocycles. The van der Waals surface area contributed by atoms with Crippen molar-refractivity contribution in [3.8, 4) is 0 Å². The standard InChI is InChI=1S/C14H20F2.C3H7N.C2H6/c1-5-11(6-2)12-8-7-10(3)13(9-12)14(4,15)16;1-3(2)4;1-2/h7-9,11H,5-6H2,1-4H3;1,4H2,2H3;1-2H3. The molecule has 128 valence electrons. The predicted octanol–water partition coefficient (Wildman–Crippen LogP) is 6.52. The van der Waals surface area contributed by atoms with Gasteiger partial charge in [-0.3, -0.25) is 0 Å². The molecule has 0 amide bonds. The molecular weight excluding hydrogens is 280 g/mol. The molecule has 0 bridgehead atoms. The quantitative estimate of drug-likeness (QED) is 0.673. The molecule has 0 unspecified atom stereocenters. The molecule has 1 nitrogen and oxygen atoms in total. The molecule has 0 saturated heterocycles. The van der Waals surface area contributed by atoms with E-state index in [2.05, 4.69) is 20.4 Å². The zero-order valence-electron chi connectivity index (χ0n) is 15.3. The van der Waals surface area contributed by atoms with Crippen molar-refractivity contribution in [2.75, 3.05) is 0 Å². The van der Waals surface area contributed by atoms with E-state index in [1.807, 2.05) is 19.9 Å². The van der Waals surface area contributed by atoms with Crippen LogP contribution in [-0.4, -0.2) is 0 Å². The number of allylic oxidation sites excluding steroid dienone is 1. The molecule has 2 N–H and O–H groups in total. The molecule has 1 aromatic rings. The third-order valence-electron chi connectivity index (χ3n) is 3.19. The Kier molecular flexibility index (Phi) is 11.7. The van der Waals surface area contributed by atoms with E-state index in [9.17, 15) is 8.78 Å². The molecule has 0 aliphatic heterocycles. The number of halogens is 2. The maximum absolute atomic E-state index is 13.4. The number of benzene rings is 1. The van der Waals surface area contributed by atoms with Crippen LogP contribution in [0.1, 0.15) is 77.0 Å². The van der Waals surface area contributed by atoms with Crippen LogP contribution in [0.25, 0.3) is 0 Å². The Balaban J connectivity index is 0. The van der Waals surface area contributed by atoms with E-state index in [1.165, 1.54) is 0 Å². The van der Waals surface area contributed by atoms with Gasteiger partial charge in [0.05, 0.1) is 0 Å². The summed E-state index contributed by atoms with van der Waals surface area (Å²) >= 11 is 0. The SMILES string of the molecule is C=C(C)N.CC.CCC(CC)c1ccc(C)c(C(C)(F)F)c1. The highest BCUT2D eigenvalue weighted by molar-refractivity contribution is 5.35. The van der Waals surface area contributed by atoms with E-state index >= 15 is 0 Å². The van der Waals surface area contributed by atoms with Crippen LogP contribution < -0.4 is 5.73 Å². The molecule has 0 atom stereocenters. The summed E-state index contributed by atoms with van der Waals surface area (Å²) in [5, 5.41) is 0. The fourth-order valence-corrected chi connectivity index (χ4v) is 2.13. The number of nitrogens with two attached hydrogens (primary N) is 1. The van der Waals surface area contributed by atoms with Gasteiger partial charge in [-0.05, 0) is 55.5 Å². The molecule has 0 aromatic heterocycles. The maximum atomic E-state index is 13.4. The Labute approximate surface area is 135 Å². The van der Waals surface area contributed by atoms with Crippen LogP contribution >= 0.6 is 0 Å². The van der Waals surface area contributed by atoms with E-state index in [-0.39, 0.29) is 5.56 Å². The summed E-state index contributed by atoms with van der Waals surface area (Å²) in [6.45, 7) is 16.0. The smallest absolute Gasteiger partial charge is 0.270 e. The number of aryl methyl sites for hydroxylation is 1. The summed E-state index contributed by atoms with van der Waals surface area (Å²) in [6, 6.07) is 5.45. The highest BCUT2D eigenvalue weighted by Crippen LogP contribution is 2.33. The highest BCUT2D eigenvalue weighted by atomic mass is 19.3. The molecule has 1 aromatic carbocycles. The maximum Gasteiger partial charge on any atom is 0.270 e. The van der Waals surface area contributed by atoms with Crippen LogP contribution in [0.4, 0.5) is 8.78 Å². The van der Waals surface area contributed by atoms with Crippen molar-refractivity contribution in [3.63, 3.8) is 0 Å². The second kappa shape index (κ2) is 11.2. The second-order valence-electron chi connectivity index (χ2n) is 5.32. The monoisotopic (exact) mass is 313 g/mol. The summed E-state index contributed by atoms with van der Waals surface area (Å²) < 4.78 is 26.7. The zero-order chi connectivity index (χ0) is 17.9. The molecule has 22 heavy (non-hydrogen) atoms. The Morgan fingerprint density at radius 2 is 1.64 bits per heavy atom. The van der Waals surface area contributed by atoms with E-state index < -0.39 is 5.92 Å². The van der Waals surface area contributed by atoms with Gasteiger partial charge in [0.15, 0.2) is 0 Å². The third kappa shape index (κ3) is 8.81. The fourth-order valence-electron chi connectivity index (χ4n) is 2.13. The molecule has 0 fully saturated rings. The molecule has 3 heteroatoms. The van der Waals surface area contributed by atoms with Crippen molar-refractivity contribution in [2.45, 2.75) is 73.1 Å². The first kappa shape index (κ1) is 22.9. The van der Waals surface area contributed by atoms with Crippen molar-refractivity contribution >= 4 is 0 Å². The Bertz CT molecular complexity index is 426. The molecule has 0 spiro atoms. The van der Waals surface area contributed by atoms with Gasteiger partial charge in [0.2, 0.25) is 0 Å². The van der Waals surface area contributed by atoms with Gasteiger partial charge < -0.3 is 5.73 Å². The minimum absolute atomic E-state index is 0.164. The Morgan fingerprint density at radius 1 is 1.23 bits per heavy atom. The summed E-state index contributed by atoms with van der Waals surface area (Å²) in [5.74, 6) is -2.35. The van der Waals surface area contributed by atoms with Gasteiger partial charge in [-0.25, -0.2) is 8.78 Å². The van der Waals surface area contributed by atoms with Crippen LogP contribution in [0.2, 0.25) is 0 Å². The lowest BCUT2D eigenvalue weighted by molar-refractivity contribution is 0.0167. The third-order valence-corrected chi connectivity index (χ3v) is 3.19. The summed E-state index contributed by atoms with van der Waals surface area (Å²) in [6.07, 6.45) is 1.99. The predicted molar refractivity (Wildman–Crippen MR) is 94.4 cm³/mol. The van der Waals surface area contributed by atoms with Crippen molar-refractivity contribution in [1.29, 1.82) is 0 Å². The topological polar surface area (TPSA) is 26.0 Å². The lowest BCUT2D eigenvalue weighted by atomic mass is 9.90. The van der Waals surface area contributed by atoms with E-state index in [0.717, 1.165) is 25.3 Å². The first-order chi connectivity index (χ1) is 10.1. The fraction of sp³-hybridized carbons (Fsp3) is 0.579. The van der Waals surface area contributed by atoms with Crippen LogP contribution in [0, 0.1) is 6.92 Å². The number of alkyl halides is 2. The zero-order valence-corrected chi connectivity index (χ0v) is 15.3. The van der Waals surface area contributed by atoms with Gasteiger partial charge in [-0.1, -0.05) is 46.4 Å². The van der Waals surface area contributed by atoms with Gasteiger partial charge >= 0.3 is 0 Å². The summed E-state index contributed by atoms with van der Waals surface area (Å²) in [7, 11) is 0.